The molecule has 14 nitrogen and oxygen atoms in total. The zero-order chi connectivity index (χ0) is 41.4. The molecule has 2 heterocycles. The van der Waals surface area contributed by atoms with Gasteiger partial charge >= 0.3 is 12.1 Å². The first-order valence-corrected chi connectivity index (χ1v) is 20.8. The van der Waals surface area contributed by atoms with Crippen molar-refractivity contribution in [1.82, 2.24) is 20.5 Å². The Hall–Kier alpha value is -4.70. The van der Waals surface area contributed by atoms with Crippen molar-refractivity contribution in [2.75, 3.05) is 19.0 Å². The Labute approximate surface area is 344 Å². The van der Waals surface area contributed by atoms with Gasteiger partial charge in [0.05, 0.1) is 23.8 Å². The van der Waals surface area contributed by atoms with Crippen molar-refractivity contribution in [3.8, 4) is 22.8 Å². The maximum Gasteiger partial charge on any atom is 0.408 e. The minimum atomic E-state index is -1.53. The van der Waals surface area contributed by atoms with E-state index in [2.05, 4.69) is 43.4 Å². The van der Waals surface area contributed by atoms with E-state index in [-0.39, 0.29) is 37.3 Å². The summed E-state index contributed by atoms with van der Waals surface area (Å²) in [6, 6.07) is 5.18. The van der Waals surface area contributed by atoms with Crippen LogP contribution in [0.1, 0.15) is 73.1 Å². The normalized spacial score (nSPS) is 22.5. The van der Waals surface area contributed by atoms with Gasteiger partial charge in [0.2, 0.25) is 17.7 Å². The van der Waals surface area contributed by atoms with Crippen LogP contribution in [0.4, 0.5) is 9.93 Å². The van der Waals surface area contributed by atoms with Crippen LogP contribution in [0.15, 0.2) is 46.8 Å². The van der Waals surface area contributed by atoms with Crippen molar-refractivity contribution in [2.45, 2.75) is 103 Å². The number of carbonyl (C=O) groups is 5. The molecule has 306 valence electrons. The summed E-state index contributed by atoms with van der Waals surface area (Å²) in [5, 5.41) is 22.2. The summed E-state index contributed by atoms with van der Waals surface area (Å²) in [5.41, 5.74) is -1.06. The van der Waals surface area contributed by atoms with Crippen LogP contribution in [0.2, 0.25) is 0 Å². The molecule has 1 aliphatic heterocycles. The van der Waals surface area contributed by atoms with E-state index in [1.807, 2.05) is 44.4 Å². The molecular weight excluding hydrogens is 818 g/mol. The second kappa shape index (κ2) is 16.6. The lowest BCUT2D eigenvalue weighted by atomic mass is 9.85. The fraction of sp³-hybridized carbons (Fsp3) is 0.512. The summed E-state index contributed by atoms with van der Waals surface area (Å²) < 4.78 is 18.7. The number of hydrogen-bond donors (Lipinski definition) is 4. The average Bonchev–Trinajstić information content (AvgIpc) is 3.57. The quantitative estimate of drug-likeness (QED) is 0.132. The van der Waals surface area contributed by atoms with Gasteiger partial charge in [-0.3, -0.25) is 14.4 Å². The molecule has 1 aromatic heterocycles. The number of fused-ring (bicyclic) bond motifs is 1. The SMILES string of the molecule is C=C[C@@H]1C[C@]1(NC(=O)[C@@H]1C[C@@H](Oc2cc(-c3csc(NC(=O)C(C)C)n3)cc3c(Br)c(OC)ccc23)CN1C(=O)[C@@H](NC(=O)OC1CCCC1)C(C)(C)C)C(=O)O. The third-order valence-electron chi connectivity index (χ3n) is 10.9. The van der Waals surface area contributed by atoms with E-state index in [0.717, 1.165) is 31.1 Å². The predicted molar refractivity (Wildman–Crippen MR) is 219 cm³/mol. The monoisotopic (exact) mass is 867 g/mol. The smallest absolute Gasteiger partial charge is 0.408 e. The molecule has 0 radical (unpaired) electrons. The van der Waals surface area contributed by atoms with E-state index in [0.29, 0.717) is 37.7 Å². The molecule has 16 heteroatoms. The number of carboxylic acids is 1. The summed E-state index contributed by atoms with van der Waals surface area (Å²) in [5.74, 6) is -2.20. The fourth-order valence-corrected chi connectivity index (χ4v) is 8.80. The maximum absolute atomic E-state index is 14.6. The summed E-state index contributed by atoms with van der Waals surface area (Å²) in [6.07, 6.45) is 3.46. The second-order valence-electron chi connectivity index (χ2n) is 16.4. The van der Waals surface area contributed by atoms with E-state index in [4.69, 9.17) is 14.2 Å². The molecule has 4 N–H and O–H groups in total. The number of aromatic nitrogens is 1. The number of thiazole rings is 1. The topological polar surface area (TPSA) is 185 Å². The molecule has 6 rings (SSSR count). The van der Waals surface area contributed by atoms with Crippen molar-refractivity contribution >= 4 is 73.0 Å². The summed E-state index contributed by atoms with van der Waals surface area (Å²) in [4.78, 5) is 72.8. The number of nitrogens with one attached hydrogen (secondary N) is 3. The Balaban J connectivity index is 1.34. The van der Waals surface area contributed by atoms with Gasteiger partial charge in [-0.1, -0.05) is 40.7 Å². The zero-order valence-electron chi connectivity index (χ0n) is 33.0. The van der Waals surface area contributed by atoms with Gasteiger partial charge in [-0.15, -0.1) is 17.9 Å². The highest BCUT2D eigenvalue weighted by Crippen LogP contribution is 2.45. The Morgan fingerprint density at radius 3 is 2.42 bits per heavy atom. The van der Waals surface area contributed by atoms with Crippen molar-refractivity contribution in [3.05, 3.63) is 46.8 Å². The van der Waals surface area contributed by atoms with Crippen LogP contribution < -0.4 is 25.4 Å². The molecule has 3 aliphatic rings. The molecule has 3 fully saturated rings. The molecule has 4 amide bonds. The molecule has 2 aromatic carbocycles. The van der Waals surface area contributed by atoms with Crippen molar-refractivity contribution in [1.29, 1.82) is 0 Å². The highest BCUT2D eigenvalue weighted by atomic mass is 79.9. The third kappa shape index (κ3) is 8.91. The van der Waals surface area contributed by atoms with Gasteiger partial charge in [0, 0.05) is 40.0 Å². The van der Waals surface area contributed by atoms with Crippen LogP contribution >= 0.6 is 27.3 Å². The predicted octanol–water partition coefficient (Wildman–Crippen LogP) is 6.91. The number of halogens is 1. The zero-order valence-corrected chi connectivity index (χ0v) is 35.4. The lowest BCUT2D eigenvalue weighted by molar-refractivity contribution is -0.146. The summed E-state index contributed by atoms with van der Waals surface area (Å²) in [6.45, 7) is 12.7. The minimum absolute atomic E-state index is 0.0283. The number of rotatable bonds is 13. The molecule has 0 bridgehead atoms. The van der Waals surface area contributed by atoms with Gasteiger partial charge in [-0.2, -0.15) is 0 Å². The molecule has 2 saturated carbocycles. The van der Waals surface area contributed by atoms with Crippen molar-refractivity contribution in [2.24, 2.45) is 17.3 Å². The van der Waals surface area contributed by atoms with Gasteiger partial charge in [-0.05, 0) is 77.7 Å². The molecular formula is C41H50BrN5O9S. The number of hydrogen-bond acceptors (Lipinski definition) is 10. The largest absolute Gasteiger partial charge is 0.496 e. The molecule has 3 aromatic rings. The van der Waals surface area contributed by atoms with Crippen LogP contribution in [0.5, 0.6) is 11.5 Å². The highest BCUT2D eigenvalue weighted by Gasteiger charge is 2.61. The number of amides is 4. The molecule has 57 heavy (non-hydrogen) atoms. The van der Waals surface area contributed by atoms with E-state index >= 15 is 0 Å². The number of carbonyl (C=O) groups excluding carboxylic acids is 4. The number of anilines is 1. The Bertz CT molecular complexity index is 2080. The van der Waals surface area contributed by atoms with E-state index in [9.17, 15) is 29.1 Å². The molecule has 2 aliphatic carbocycles. The van der Waals surface area contributed by atoms with Crippen LogP contribution in [-0.2, 0) is 23.9 Å². The Morgan fingerprint density at radius 1 is 1.09 bits per heavy atom. The van der Waals surface area contributed by atoms with Crippen molar-refractivity contribution < 1.29 is 43.3 Å². The van der Waals surface area contributed by atoms with Crippen molar-refractivity contribution in [3.63, 3.8) is 0 Å². The summed E-state index contributed by atoms with van der Waals surface area (Å²) >= 11 is 4.97. The minimum Gasteiger partial charge on any atom is -0.496 e. The number of likely N-dealkylation sites (tertiary alicyclic amines) is 1. The fourth-order valence-electron chi connectivity index (χ4n) is 7.46. The third-order valence-corrected chi connectivity index (χ3v) is 12.5. The summed E-state index contributed by atoms with van der Waals surface area (Å²) in [7, 11) is 1.56. The van der Waals surface area contributed by atoms with E-state index in [1.165, 1.54) is 22.3 Å². The number of ether oxygens (including phenoxy) is 3. The van der Waals surface area contributed by atoms with Crippen LogP contribution in [0.25, 0.3) is 22.0 Å². The maximum atomic E-state index is 14.6. The van der Waals surface area contributed by atoms with Gasteiger partial charge in [-0.25, -0.2) is 14.6 Å². The van der Waals surface area contributed by atoms with Crippen LogP contribution in [0.3, 0.4) is 0 Å². The first kappa shape index (κ1) is 41.9. The van der Waals surface area contributed by atoms with Gasteiger partial charge < -0.3 is 40.2 Å². The van der Waals surface area contributed by atoms with Gasteiger partial charge in [0.1, 0.15) is 41.3 Å². The van der Waals surface area contributed by atoms with Gasteiger partial charge in [0.15, 0.2) is 5.13 Å². The van der Waals surface area contributed by atoms with Gasteiger partial charge in [0.25, 0.3) is 0 Å². The highest BCUT2D eigenvalue weighted by molar-refractivity contribution is 9.10. The first-order valence-electron chi connectivity index (χ1n) is 19.1. The van der Waals surface area contributed by atoms with E-state index in [1.54, 1.807) is 27.0 Å². The Kier molecular flexibility index (Phi) is 12.2. The second-order valence-corrected chi connectivity index (χ2v) is 18.0. The standard InChI is InChI=1S/C41H50BrN5O9S/c1-8-23-18-41(23,37(51)52)46-35(49)29-17-25(19-47(29)36(50)33(40(4,5)6)44-39(53)56-24-11-9-10-12-24)55-31-16-22(15-27-26(31)13-14-30(54-7)32(27)42)28-20-57-38(43-28)45-34(48)21(2)3/h8,13-16,20-21,23-25,29,33H,1,9-12,17-19H2,2-7H3,(H,44,53)(H,46,49)(H,51,52)(H,43,45,48)/t23-,25-,29+,33-,41-/m1/s1. The number of aliphatic carboxylic acids is 1. The lowest BCUT2D eigenvalue weighted by Gasteiger charge is -2.35. The number of benzene rings is 2. The molecule has 0 unspecified atom stereocenters. The lowest BCUT2D eigenvalue weighted by Crippen LogP contribution is -2.59. The number of nitrogens with zero attached hydrogens (tertiary/aromatic N) is 2. The van der Waals surface area contributed by atoms with Crippen LogP contribution in [0, 0.1) is 17.3 Å². The molecule has 1 saturated heterocycles. The molecule has 5 atom stereocenters. The Morgan fingerprint density at radius 2 is 1.81 bits per heavy atom. The average molecular weight is 869 g/mol. The van der Waals surface area contributed by atoms with Crippen LogP contribution in [-0.4, -0.2) is 88.3 Å². The molecule has 0 spiro atoms. The number of alkyl carbamates (subject to hydrolysis) is 1. The number of carboxylic acid groups (broad SMARTS) is 1. The first-order chi connectivity index (χ1) is 26.9. The number of methoxy groups -OCH3 is 1. The van der Waals surface area contributed by atoms with E-state index < -0.39 is 58.9 Å².